The molecule has 3 heterocycles. The van der Waals surface area contributed by atoms with Crippen molar-refractivity contribution in [3.8, 4) is 28.7 Å². The van der Waals surface area contributed by atoms with Gasteiger partial charge in [0.15, 0.2) is 23.0 Å². The zero-order valence-corrected chi connectivity index (χ0v) is 17.2. The summed E-state index contributed by atoms with van der Waals surface area (Å²) < 4.78 is 27.7. The molecule has 4 aliphatic rings. The van der Waals surface area contributed by atoms with E-state index in [0.29, 0.717) is 29.6 Å². The number of hydrogen-bond donors (Lipinski definition) is 2. The molecule has 0 aromatic heterocycles. The number of ether oxygens (including phenoxy) is 5. The van der Waals surface area contributed by atoms with E-state index >= 15 is 0 Å². The lowest BCUT2D eigenvalue weighted by atomic mass is 9.62. The number of esters is 1. The van der Waals surface area contributed by atoms with Gasteiger partial charge in [-0.05, 0) is 41.0 Å². The zero-order chi connectivity index (χ0) is 21.3. The van der Waals surface area contributed by atoms with Gasteiger partial charge in [-0.15, -0.1) is 0 Å². The molecule has 162 valence electrons. The van der Waals surface area contributed by atoms with Crippen LogP contribution in [-0.2, 0) is 9.53 Å². The van der Waals surface area contributed by atoms with Crippen molar-refractivity contribution in [2.24, 2.45) is 11.8 Å². The van der Waals surface area contributed by atoms with E-state index < -0.39 is 0 Å². The molecule has 0 radical (unpaired) electrons. The first-order valence-corrected chi connectivity index (χ1v) is 10.4. The number of rotatable bonds is 4. The number of hydrogen-bond acceptors (Lipinski definition) is 8. The topological polar surface area (TPSA) is 105 Å². The van der Waals surface area contributed by atoms with Crippen molar-refractivity contribution in [2.75, 3.05) is 34.2 Å². The number of aromatic hydroxyl groups is 1. The third-order valence-electron chi connectivity index (χ3n) is 6.97. The number of phenols is 1. The number of phenolic OH excluding ortho intramolecular Hbond substituents is 1. The summed E-state index contributed by atoms with van der Waals surface area (Å²) in [6.07, 6.45) is 0. The molecule has 0 bridgehead atoms. The number of nitrogens with one attached hydrogen (secondary N) is 1. The van der Waals surface area contributed by atoms with Gasteiger partial charge in [-0.3, -0.25) is 4.79 Å². The number of methoxy groups -OCH3 is 2. The Bertz CT molecular complexity index is 1050. The van der Waals surface area contributed by atoms with Crippen molar-refractivity contribution in [1.29, 1.82) is 0 Å². The van der Waals surface area contributed by atoms with Gasteiger partial charge >= 0.3 is 5.97 Å². The van der Waals surface area contributed by atoms with Crippen LogP contribution in [0.1, 0.15) is 28.5 Å². The van der Waals surface area contributed by atoms with Gasteiger partial charge in [-0.2, -0.15) is 0 Å². The molecule has 6 rings (SSSR count). The minimum absolute atomic E-state index is 0.0154. The maximum Gasteiger partial charge on any atom is 0.310 e. The first kappa shape index (κ1) is 18.6. The molecule has 8 nitrogen and oxygen atoms in total. The van der Waals surface area contributed by atoms with Crippen LogP contribution in [0.3, 0.4) is 0 Å². The molecule has 5 atom stereocenters. The molecule has 5 unspecified atom stereocenters. The SMILES string of the molecule is COc1cc(C2c3cc4c(cc3C(C3CN3)C3C(=O)OCC23)OCO4)cc(OC)c1O. The van der Waals surface area contributed by atoms with Gasteiger partial charge in [-0.25, -0.2) is 0 Å². The van der Waals surface area contributed by atoms with Gasteiger partial charge in [0, 0.05) is 30.3 Å². The zero-order valence-electron chi connectivity index (χ0n) is 17.2. The van der Waals surface area contributed by atoms with Gasteiger partial charge in [-0.1, -0.05) is 0 Å². The summed E-state index contributed by atoms with van der Waals surface area (Å²) in [7, 11) is 3.01. The number of benzene rings is 2. The Hall–Kier alpha value is -3.13. The highest BCUT2D eigenvalue weighted by molar-refractivity contribution is 5.78. The van der Waals surface area contributed by atoms with E-state index in [1.807, 2.05) is 24.3 Å². The Labute approximate surface area is 179 Å². The first-order chi connectivity index (χ1) is 15.1. The van der Waals surface area contributed by atoms with Gasteiger partial charge in [0.2, 0.25) is 12.5 Å². The molecule has 0 spiro atoms. The highest BCUT2D eigenvalue weighted by Crippen LogP contribution is 2.57. The Morgan fingerprint density at radius 1 is 0.968 bits per heavy atom. The van der Waals surface area contributed by atoms with Crippen molar-refractivity contribution >= 4 is 5.97 Å². The van der Waals surface area contributed by atoms with Crippen LogP contribution in [-0.4, -0.2) is 51.3 Å². The van der Waals surface area contributed by atoms with E-state index in [0.717, 1.165) is 23.2 Å². The molecule has 2 aromatic carbocycles. The van der Waals surface area contributed by atoms with E-state index in [4.69, 9.17) is 23.7 Å². The number of carbonyl (C=O) groups excluding carboxylic acids is 1. The second kappa shape index (κ2) is 6.68. The van der Waals surface area contributed by atoms with Crippen molar-refractivity contribution in [3.05, 3.63) is 41.0 Å². The summed E-state index contributed by atoms with van der Waals surface area (Å²) in [5, 5.41) is 13.8. The van der Waals surface area contributed by atoms with E-state index in [2.05, 4.69) is 5.32 Å². The Morgan fingerprint density at radius 2 is 1.61 bits per heavy atom. The minimum Gasteiger partial charge on any atom is -0.502 e. The van der Waals surface area contributed by atoms with Crippen LogP contribution in [0.15, 0.2) is 24.3 Å². The highest BCUT2D eigenvalue weighted by Gasteiger charge is 2.56. The fourth-order valence-corrected chi connectivity index (χ4v) is 5.53. The molecule has 0 saturated carbocycles. The van der Waals surface area contributed by atoms with Gasteiger partial charge in [0.1, 0.15) is 0 Å². The van der Waals surface area contributed by atoms with Crippen molar-refractivity contribution in [3.63, 3.8) is 0 Å². The van der Waals surface area contributed by atoms with Gasteiger partial charge < -0.3 is 34.1 Å². The second-order valence-electron chi connectivity index (χ2n) is 8.45. The maximum atomic E-state index is 12.9. The number of fused-ring (bicyclic) bond motifs is 3. The highest BCUT2D eigenvalue weighted by atomic mass is 16.7. The van der Waals surface area contributed by atoms with Crippen LogP contribution in [0.2, 0.25) is 0 Å². The summed E-state index contributed by atoms with van der Waals surface area (Å²) >= 11 is 0. The van der Waals surface area contributed by atoms with Crippen LogP contribution in [0.25, 0.3) is 0 Å². The van der Waals surface area contributed by atoms with Crippen molar-refractivity contribution < 1.29 is 33.6 Å². The molecule has 0 amide bonds. The van der Waals surface area contributed by atoms with E-state index in [1.54, 1.807) is 0 Å². The van der Waals surface area contributed by atoms with Crippen molar-refractivity contribution in [1.82, 2.24) is 5.32 Å². The third kappa shape index (κ3) is 2.67. The maximum absolute atomic E-state index is 12.9. The fourth-order valence-electron chi connectivity index (χ4n) is 5.53. The fraction of sp³-hybridized carbons (Fsp3) is 0.435. The van der Waals surface area contributed by atoms with E-state index in [1.165, 1.54) is 14.2 Å². The molecule has 8 heteroatoms. The quantitative estimate of drug-likeness (QED) is 0.567. The number of carbonyl (C=O) groups is 1. The Balaban J connectivity index is 1.58. The van der Waals surface area contributed by atoms with E-state index in [9.17, 15) is 9.90 Å². The van der Waals surface area contributed by atoms with Gasteiger partial charge in [0.25, 0.3) is 0 Å². The first-order valence-electron chi connectivity index (χ1n) is 10.4. The molecule has 31 heavy (non-hydrogen) atoms. The second-order valence-corrected chi connectivity index (χ2v) is 8.45. The monoisotopic (exact) mass is 425 g/mol. The molecule has 2 fully saturated rings. The Morgan fingerprint density at radius 3 is 2.23 bits per heavy atom. The largest absolute Gasteiger partial charge is 0.502 e. The molecular weight excluding hydrogens is 402 g/mol. The summed E-state index contributed by atoms with van der Waals surface area (Å²) in [6, 6.07) is 7.91. The molecule has 2 aromatic rings. The van der Waals surface area contributed by atoms with Crippen LogP contribution >= 0.6 is 0 Å². The predicted octanol–water partition coefficient (Wildman–Crippen LogP) is 2.13. The number of cyclic esters (lactones) is 1. The standard InChI is InChI=1S/C23H23NO7/c1-27-17-3-10(4-18(28-2)22(17)25)19-11-5-15-16(31-9-30-15)6-12(11)20(14-7-24-14)21-13(19)8-29-23(21)26/h3-6,13-14,19-21,24-25H,7-9H2,1-2H3. The molecule has 2 saturated heterocycles. The Kier molecular flexibility index (Phi) is 4.02. The molecule has 2 N–H and O–H groups in total. The average molecular weight is 425 g/mol. The van der Waals surface area contributed by atoms with E-state index in [-0.39, 0.29) is 48.2 Å². The predicted molar refractivity (Wildman–Crippen MR) is 108 cm³/mol. The van der Waals surface area contributed by atoms with Crippen LogP contribution in [0.4, 0.5) is 0 Å². The van der Waals surface area contributed by atoms with Gasteiger partial charge in [0.05, 0.1) is 26.7 Å². The van der Waals surface area contributed by atoms with Crippen LogP contribution in [0, 0.1) is 11.8 Å². The van der Waals surface area contributed by atoms with Crippen molar-refractivity contribution in [2.45, 2.75) is 17.9 Å². The summed E-state index contributed by atoms with van der Waals surface area (Å²) in [5.74, 6) is 1.40. The third-order valence-corrected chi connectivity index (χ3v) is 6.97. The minimum atomic E-state index is -0.260. The van der Waals surface area contributed by atoms with Crippen LogP contribution < -0.4 is 24.3 Å². The summed E-state index contributed by atoms with van der Waals surface area (Å²) in [5.41, 5.74) is 3.05. The molecule has 1 aliphatic carbocycles. The summed E-state index contributed by atoms with van der Waals surface area (Å²) in [4.78, 5) is 12.9. The normalized spacial score (nSPS) is 29.7. The average Bonchev–Trinajstić information content (AvgIpc) is 3.40. The van der Waals surface area contributed by atoms with Crippen LogP contribution in [0.5, 0.6) is 28.7 Å². The molecular formula is C23H23NO7. The summed E-state index contributed by atoms with van der Waals surface area (Å²) in [6.45, 7) is 1.41. The molecule has 3 aliphatic heterocycles. The lowest BCUT2D eigenvalue weighted by Gasteiger charge is -2.39. The smallest absolute Gasteiger partial charge is 0.310 e. The lowest BCUT2D eigenvalue weighted by Crippen LogP contribution is -2.37. The lowest BCUT2D eigenvalue weighted by molar-refractivity contribution is -0.142.